The maximum Gasteiger partial charge on any atom is 0.301 e. The van der Waals surface area contributed by atoms with Gasteiger partial charge in [-0.3, -0.25) is 9.52 Å². The molecule has 3 heterocycles. The smallest absolute Gasteiger partial charge is 0.301 e. The van der Waals surface area contributed by atoms with Crippen molar-refractivity contribution in [3.63, 3.8) is 0 Å². The van der Waals surface area contributed by atoms with Crippen molar-refractivity contribution in [2.75, 3.05) is 43.9 Å². The zero-order chi connectivity index (χ0) is 31.0. The van der Waals surface area contributed by atoms with E-state index >= 15 is 0 Å². The molecule has 1 fully saturated rings. The molecular formula is C30H29FN6O6S. The Labute approximate surface area is 252 Å². The van der Waals surface area contributed by atoms with Gasteiger partial charge in [0.25, 0.3) is 0 Å². The normalized spacial score (nSPS) is 14.1. The Hall–Kier alpha value is -4.92. The van der Waals surface area contributed by atoms with Gasteiger partial charge in [-0.05, 0) is 61.0 Å². The molecule has 0 atom stereocenters. The first-order valence-electron chi connectivity index (χ1n) is 13.6. The highest BCUT2D eigenvalue weighted by molar-refractivity contribution is 7.90. The van der Waals surface area contributed by atoms with Gasteiger partial charge in [0.2, 0.25) is 5.78 Å². The number of ether oxygens (including phenoxy) is 3. The number of anilines is 2. The molecular weight excluding hydrogens is 591 g/mol. The Morgan fingerprint density at radius 1 is 1.09 bits per heavy atom. The summed E-state index contributed by atoms with van der Waals surface area (Å²) in [5.74, 6) is 0.0574. The molecule has 2 aromatic heterocycles. The number of benzene rings is 3. The summed E-state index contributed by atoms with van der Waals surface area (Å²) in [6, 6.07) is 16.1. The lowest BCUT2D eigenvalue weighted by Gasteiger charge is -2.26. The van der Waals surface area contributed by atoms with E-state index in [-0.39, 0.29) is 47.4 Å². The van der Waals surface area contributed by atoms with E-state index in [1.165, 1.54) is 34.4 Å². The second-order valence-electron chi connectivity index (χ2n) is 10.1. The number of hydrogen-bond acceptors (Lipinski definition) is 8. The number of H-pyrrole nitrogens is 1. The van der Waals surface area contributed by atoms with Crippen LogP contribution in [0.15, 0.2) is 66.9 Å². The number of nitrogens with one attached hydrogen (secondary N) is 2. The average molecular weight is 621 g/mol. The fraction of sp³-hybridized carbons (Fsp3) is 0.200. The standard InChI is InChI=1S/C30H29FN6O6S/c1-18-13-20(43-27-6-4-3-5-22(27)31)7-8-26(18)37-30(32)21(17-33-37)29(38)25-14-19-15-28(41-2)24(16-23(19)34-25)35-44(39,40)36-9-11-42-12-10-36/h3-8,13-17,34-35H,9-12,32H2,1-2H3. The molecule has 0 bridgehead atoms. The number of methoxy groups -OCH3 is 1. The Bertz CT molecular complexity index is 1980. The maximum absolute atomic E-state index is 14.0. The Morgan fingerprint density at radius 3 is 2.59 bits per heavy atom. The molecule has 0 radical (unpaired) electrons. The van der Waals surface area contributed by atoms with Crippen molar-refractivity contribution in [2.45, 2.75) is 6.92 Å². The summed E-state index contributed by atoms with van der Waals surface area (Å²) in [4.78, 5) is 16.6. The van der Waals surface area contributed by atoms with E-state index in [0.29, 0.717) is 35.6 Å². The average Bonchev–Trinajstić information content (AvgIpc) is 3.61. The summed E-state index contributed by atoms with van der Waals surface area (Å²) >= 11 is 0. The van der Waals surface area contributed by atoms with Crippen molar-refractivity contribution in [3.8, 4) is 22.9 Å². The van der Waals surface area contributed by atoms with Gasteiger partial charge in [0.1, 0.15) is 17.3 Å². The SMILES string of the molecule is COc1cc2cc(C(=O)c3cnn(-c4ccc(Oc5ccccc5F)cc4C)c3N)[nH]c2cc1NS(=O)(=O)N1CCOCC1. The van der Waals surface area contributed by atoms with Crippen molar-refractivity contribution in [1.82, 2.24) is 19.1 Å². The largest absolute Gasteiger partial charge is 0.495 e. The first-order chi connectivity index (χ1) is 21.1. The number of nitrogen functional groups attached to an aromatic ring is 1. The van der Waals surface area contributed by atoms with Crippen LogP contribution in [-0.4, -0.2) is 66.7 Å². The fourth-order valence-electron chi connectivity index (χ4n) is 4.97. The third kappa shape index (κ3) is 5.57. The molecule has 1 saturated heterocycles. The van der Waals surface area contributed by atoms with Crippen LogP contribution in [0.1, 0.15) is 21.6 Å². The Morgan fingerprint density at radius 2 is 1.86 bits per heavy atom. The lowest BCUT2D eigenvalue weighted by Crippen LogP contribution is -2.43. The predicted molar refractivity (Wildman–Crippen MR) is 162 cm³/mol. The van der Waals surface area contributed by atoms with Gasteiger partial charge in [-0.15, -0.1) is 0 Å². The predicted octanol–water partition coefficient (Wildman–Crippen LogP) is 4.40. The highest BCUT2D eigenvalue weighted by Crippen LogP contribution is 2.33. The Kier molecular flexibility index (Phi) is 7.71. The zero-order valence-electron chi connectivity index (χ0n) is 23.8. The van der Waals surface area contributed by atoms with Crippen molar-refractivity contribution in [1.29, 1.82) is 0 Å². The number of carbonyl (C=O) groups is 1. The fourth-order valence-corrected chi connectivity index (χ4v) is 6.17. The second kappa shape index (κ2) is 11.6. The number of rotatable bonds is 9. The van der Waals surface area contributed by atoms with Gasteiger partial charge >= 0.3 is 10.2 Å². The van der Waals surface area contributed by atoms with Crippen molar-refractivity contribution in [3.05, 3.63) is 89.5 Å². The minimum Gasteiger partial charge on any atom is -0.495 e. The van der Waals surface area contributed by atoms with Gasteiger partial charge in [0.05, 0.1) is 49.2 Å². The summed E-state index contributed by atoms with van der Waals surface area (Å²) in [5.41, 5.74) is 8.88. The van der Waals surface area contributed by atoms with Crippen LogP contribution < -0.4 is 19.9 Å². The molecule has 1 aliphatic rings. The van der Waals surface area contributed by atoms with Crippen LogP contribution in [-0.2, 0) is 14.9 Å². The van der Waals surface area contributed by atoms with E-state index in [0.717, 1.165) is 5.56 Å². The summed E-state index contributed by atoms with van der Waals surface area (Å²) in [6.45, 7) is 2.92. The van der Waals surface area contributed by atoms with Crippen LogP contribution in [0.25, 0.3) is 16.6 Å². The molecule has 5 aromatic rings. The van der Waals surface area contributed by atoms with Crippen molar-refractivity contribution >= 4 is 38.4 Å². The van der Waals surface area contributed by atoms with Crippen LogP contribution in [0, 0.1) is 12.7 Å². The number of morpholine rings is 1. The molecule has 0 aliphatic carbocycles. The first-order valence-corrected chi connectivity index (χ1v) is 15.1. The number of nitrogens with zero attached hydrogens (tertiary/aromatic N) is 3. The lowest BCUT2D eigenvalue weighted by molar-refractivity contribution is 0.0733. The third-order valence-electron chi connectivity index (χ3n) is 7.25. The molecule has 0 saturated carbocycles. The van der Waals surface area contributed by atoms with Crippen LogP contribution in [0.2, 0.25) is 0 Å². The molecule has 6 rings (SSSR count). The number of carbonyl (C=O) groups excluding carboxylic acids is 1. The minimum absolute atomic E-state index is 0.101. The van der Waals surface area contributed by atoms with Gasteiger partial charge in [0.15, 0.2) is 11.6 Å². The molecule has 0 unspecified atom stereocenters. The van der Waals surface area contributed by atoms with Crippen molar-refractivity contribution < 1.29 is 31.8 Å². The highest BCUT2D eigenvalue weighted by Gasteiger charge is 2.26. The topological polar surface area (TPSA) is 154 Å². The van der Waals surface area contributed by atoms with Gasteiger partial charge < -0.3 is 24.9 Å². The van der Waals surface area contributed by atoms with Gasteiger partial charge in [-0.25, -0.2) is 9.07 Å². The molecule has 0 spiro atoms. The van der Waals surface area contributed by atoms with E-state index in [9.17, 15) is 17.6 Å². The van der Waals surface area contributed by atoms with Gasteiger partial charge in [-0.2, -0.15) is 17.8 Å². The molecule has 12 nitrogen and oxygen atoms in total. The number of halogens is 1. The molecule has 1 aliphatic heterocycles. The number of hydrogen-bond donors (Lipinski definition) is 3. The number of nitrogens with two attached hydrogens (primary N) is 1. The van der Waals surface area contributed by atoms with Gasteiger partial charge in [-0.1, -0.05) is 12.1 Å². The van der Waals surface area contributed by atoms with Crippen LogP contribution in [0.5, 0.6) is 17.2 Å². The Balaban J connectivity index is 1.25. The summed E-state index contributed by atoms with van der Waals surface area (Å²) in [6.07, 6.45) is 1.38. The monoisotopic (exact) mass is 620 g/mol. The highest BCUT2D eigenvalue weighted by atomic mass is 32.2. The van der Waals surface area contributed by atoms with Crippen LogP contribution in [0.4, 0.5) is 15.9 Å². The minimum atomic E-state index is -3.85. The quantitative estimate of drug-likeness (QED) is 0.205. The molecule has 0 amide bonds. The van der Waals surface area contributed by atoms with E-state index in [1.807, 2.05) is 6.92 Å². The summed E-state index contributed by atoms with van der Waals surface area (Å²) in [5, 5.41) is 4.98. The molecule has 3 aromatic carbocycles. The van der Waals surface area contributed by atoms with Crippen LogP contribution >= 0.6 is 0 Å². The van der Waals surface area contributed by atoms with E-state index < -0.39 is 21.8 Å². The summed E-state index contributed by atoms with van der Waals surface area (Å²) in [7, 11) is -2.42. The van der Waals surface area contributed by atoms with Gasteiger partial charge in [0, 0.05) is 24.0 Å². The maximum atomic E-state index is 14.0. The van der Waals surface area contributed by atoms with E-state index in [2.05, 4.69) is 14.8 Å². The number of ketones is 1. The number of aryl methyl sites for hydroxylation is 1. The van der Waals surface area contributed by atoms with Crippen LogP contribution in [0.3, 0.4) is 0 Å². The third-order valence-corrected chi connectivity index (χ3v) is 8.77. The zero-order valence-corrected chi connectivity index (χ0v) is 24.7. The molecule has 14 heteroatoms. The molecule has 228 valence electrons. The molecule has 4 N–H and O–H groups in total. The summed E-state index contributed by atoms with van der Waals surface area (Å²) < 4.78 is 61.6. The molecule has 44 heavy (non-hydrogen) atoms. The second-order valence-corrected chi connectivity index (χ2v) is 11.8. The number of aromatic amines is 1. The lowest BCUT2D eigenvalue weighted by atomic mass is 10.1. The first kappa shape index (κ1) is 29.2. The van der Waals surface area contributed by atoms with Crippen molar-refractivity contribution in [2.24, 2.45) is 0 Å². The number of aromatic nitrogens is 3. The van der Waals surface area contributed by atoms with E-state index in [1.54, 1.807) is 48.5 Å². The van der Waals surface area contributed by atoms with E-state index in [4.69, 9.17) is 19.9 Å². The number of fused-ring (bicyclic) bond motifs is 1. The number of para-hydroxylation sites is 1.